The lowest BCUT2D eigenvalue weighted by molar-refractivity contribution is 0.103. The van der Waals surface area contributed by atoms with Gasteiger partial charge in [-0.2, -0.15) is 0 Å². The molecule has 0 aliphatic rings. The third-order valence-electron chi connectivity index (χ3n) is 2.72. The molecule has 2 rings (SSSR count). The van der Waals surface area contributed by atoms with E-state index in [9.17, 15) is 9.18 Å². The molecule has 0 amide bonds. The van der Waals surface area contributed by atoms with Crippen molar-refractivity contribution in [1.29, 1.82) is 0 Å². The minimum Gasteiger partial charge on any atom is -0.316 e. The average Bonchev–Trinajstić information content (AvgIpc) is 2.40. The Balaban J connectivity index is 2.27. The number of hydrogen-bond acceptors (Lipinski definition) is 2. The first kappa shape index (κ1) is 12.5. The van der Waals surface area contributed by atoms with Crippen molar-refractivity contribution in [2.75, 3.05) is 7.05 Å². The number of halogens is 1. The van der Waals surface area contributed by atoms with Gasteiger partial charge in [0.1, 0.15) is 5.82 Å². The molecule has 3 heteroatoms. The highest BCUT2D eigenvalue weighted by atomic mass is 19.1. The fourth-order valence-corrected chi connectivity index (χ4v) is 1.78. The first-order chi connectivity index (χ1) is 8.72. The average molecular weight is 243 g/mol. The van der Waals surface area contributed by atoms with Crippen LogP contribution in [0.2, 0.25) is 0 Å². The molecule has 2 aromatic carbocycles. The van der Waals surface area contributed by atoms with Crippen LogP contribution in [-0.2, 0) is 6.54 Å². The summed E-state index contributed by atoms with van der Waals surface area (Å²) < 4.78 is 13.5. The Morgan fingerprint density at radius 2 is 1.78 bits per heavy atom. The Morgan fingerprint density at radius 1 is 1.11 bits per heavy atom. The summed E-state index contributed by atoms with van der Waals surface area (Å²) >= 11 is 0. The van der Waals surface area contributed by atoms with E-state index in [0.29, 0.717) is 5.56 Å². The third-order valence-corrected chi connectivity index (χ3v) is 2.72. The van der Waals surface area contributed by atoms with Gasteiger partial charge in [0.05, 0.1) is 5.56 Å². The molecule has 0 heterocycles. The van der Waals surface area contributed by atoms with E-state index in [2.05, 4.69) is 5.32 Å². The zero-order chi connectivity index (χ0) is 13.0. The molecule has 0 aliphatic carbocycles. The van der Waals surface area contributed by atoms with Gasteiger partial charge in [-0.05, 0) is 24.7 Å². The van der Waals surface area contributed by atoms with E-state index in [1.165, 1.54) is 12.1 Å². The van der Waals surface area contributed by atoms with Gasteiger partial charge in [-0.25, -0.2) is 4.39 Å². The summed E-state index contributed by atoms with van der Waals surface area (Å²) in [6, 6.07) is 13.2. The lowest BCUT2D eigenvalue weighted by Gasteiger charge is -2.04. The molecule has 18 heavy (non-hydrogen) atoms. The molecule has 0 atom stereocenters. The van der Waals surface area contributed by atoms with Crippen molar-refractivity contribution < 1.29 is 9.18 Å². The SMILES string of the molecule is CNCc1ccc(C(=O)c2ccccc2F)cc1. The second-order valence-electron chi connectivity index (χ2n) is 4.04. The van der Waals surface area contributed by atoms with Crippen molar-refractivity contribution in [3.8, 4) is 0 Å². The third kappa shape index (κ3) is 2.63. The zero-order valence-corrected chi connectivity index (χ0v) is 10.1. The van der Waals surface area contributed by atoms with Crippen LogP contribution in [0.15, 0.2) is 48.5 Å². The Bertz CT molecular complexity index is 549. The summed E-state index contributed by atoms with van der Waals surface area (Å²) in [5.74, 6) is -0.772. The van der Waals surface area contributed by atoms with Crippen molar-refractivity contribution in [2.45, 2.75) is 6.54 Å². The van der Waals surface area contributed by atoms with Gasteiger partial charge in [-0.1, -0.05) is 36.4 Å². The Morgan fingerprint density at radius 3 is 2.39 bits per heavy atom. The molecule has 0 spiro atoms. The van der Waals surface area contributed by atoms with E-state index in [-0.39, 0.29) is 11.3 Å². The van der Waals surface area contributed by atoms with Crippen molar-refractivity contribution in [1.82, 2.24) is 5.32 Å². The molecule has 2 aromatic rings. The van der Waals surface area contributed by atoms with Crippen LogP contribution in [0, 0.1) is 5.82 Å². The van der Waals surface area contributed by atoms with Gasteiger partial charge in [0.25, 0.3) is 0 Å². The van der Waals surface area contributed by atoms with E-state index in [0.717, 1.165) is 12.1 Å². The van der Waals surface area contributed by atoms with Crippen LogP contribution in [-0.4, -0.2) is 12.8 Å². The van der Waals surface area contributed by atoms with Crippen LogP contribution in [0.3, 0.4) is 0 Å². The molecule has 0 radical (unpaired) electrons. The quantitative estimate of drug-likeness (QED) is 0.837. The first-order valence-electron chi connectivity index (χ1n) is 5.75. The monoisotopic (exact) mass is 243 g/mol. The fourth-order valence-electron chi connectivity index (χ4n) is 1.78. The Hall–Kier alpha value is -2.00. The number of carbonyl (C=O) groups excluding carboxylic acids is 1. The van der Waals surface area contributed by atoms with Gasteiger partial charge in [-0.3, -0.25) is 4.79 Å². The van der Waals surface area contributed by atoms with E-state index >= 15 is 0 Å². The number of rotatable bonds is 4. The number of benzene rings is 2. The lowest BCUT2D eigenvalue weighted by Crippen LogP contribution is -2.07. The minimum absolute atomic E-state index is 0.110. The van der Waals surface area contributed by atoms with Gasteiger partial charge < -0.3 is 5.32 Å². The summed E-state index contributed by atoms with van der Waals surface area (Å²) in [7, 11) is 1.86. The molecule has 0 saturated carbocycles. The van der Waals surface area contributed by atoms with Crippen molar-refractivity contribution in [3.05, 3.63) is 71.0 Å². The molecule has 2 nitrogen and oxygen atoms in total. The molecule has 0 unspecified atom stereocenters. The standard InChI is InChI=1S/C15H14FNO/c1-17-10-11-6-8-12(9-7-11)15(18)13-4-2-3-5-14(13)16/h2-9,17H,10H2,1H3. The molecule has 0 aromatic heterocycles. The largest absolute Gasteiger partial charge is 0.316 e. The molecule has 1 N–H and O–H groups in total. The van der Waals surface area contributed by atoms with Crippen molar-refractivity contribution in [3.63, 3.8) is 0 Å². The van der Waals surface area contributed by atoms with Gasteiger partial charge in [0, 0.05) is 12.1 Å². The van der Waals surface area contributed by atoms with Gasteiger partial charge >= 0.3 is 0 Å². The Kier molecular flexibility index (Phi) is 3.85. The van der Waals surface area contributed by atoms with Crippen molar-refractivity contribution >= 4 is 5.78 Å². The smallest absolute Gasteiger partial charge is 0.195 e. The van der Waals surface area contributed by atoms with Crippen LogP contribution >= 0.6 is 0 Å². The molecule has 92 valence electrons. The predicted molar refractivity (Wildman–Crippen MR) is 69.0 cm³/mol. The summed E-state index contributed by atoms with van der Waals surface area (Å²) in [6.45, 7) is 0.744. The maximum absolute atomic E-state index is 13.5. The maximum Gasteiger partial charge on any atom is 0.195 e. The highest BCUT2D eigenvalue weighted by Gasteiger charge is 2.12. The molecular weight excluding hydrogens is 229 g/mol. The van der Waals surface area contributed by atoms with E-state index < -0.39 is 5.82 Å². The summed E-state index contributed by atoms with van der Waals surface area (Å²) in [5, 5.41) is 3.03. The highest BCUT2D eigenvalue weighted by molar-refractivity contribution is 6.09. The summed E-state index contributed by atoms with van der Waals surface area (Å²) in [5.41, 5.74) is 1.70. The minimum atomic E-state index is -0.484. The maximum atomic E-state index is 13.5. The van der Waals surface area contributed by atoms with Gasteiger partial charge in [0.15, 0.2) is 5.78 Å². The predicted octanol–water partition coefficient (Wildman–Crippen LogP) is 2.78. The van der Waals surface area contributed by atoms with Crippen LogP contribution in [0.4, 0.5) is 4.39 Å². The van der Waals surface area contributed by atoms with E-state index in [1.807, 2.05) is 19.2 Å². The van der Waals surface area contributed by atoms with E-state index in [1.54, 1.807) is 24.3 Å². The molecule has 0 bridgehead atoms. The van der Waals surface area contributed by atoms with Gasteiger partial charge in [0.2, 0.25) is 0 Å². The number of carbonyl (C=O) groups is 1. The van der Waals surface area contributed by atoms with Crippen LogP contribution < -0.4 is 5.32 Å². The molecule has 0 aliphatic heterocycles. The highest BCUT2D eigenvalue weighted by Crippen LogP contribution is 2.14. The second-order valence-corrected chi connectivity index (χ2v) is 4.04. The number of ketones is 1. The lowest BCUT2D eigenvalue weighted by atomic mass is 10.0. The normalized spacial score (nSPS) is 10.3. The first-order valence-corrected chi connectivity index (χ1v) is 5.75. The van der Waals surface area contributed by atoms with Crippen LogP contribution in [0.25, 0.3) is 0 Å². The van der Waals surface area contributed by atoms with E-state index in [4.69, 9.17) is 0 Å². The molecular formula is C15H14FNO. The summed E-state index contributed by atoms with van der Waals surface area (Å²) in [4.78, 5) is 12.1. The second kappa shape index (κ2) is 5.56. The van der Waals surface area contributed by atoms with Crippen LogP contribution in [0.5, 0.6) is 0 Å². The van der Waals surface area contributed by atoms with Crippen molar-refractivity contribution in [2.24, 2.45) is 0 Å². The van der Waals surface area contributed by atoms with Gasteiger partial charge in [-0.15, -0.1) is 0 Å². The van der Waals surface area contributed by atoms with Crippen LogP contribution in [0.1, 0.15) is 21.5 Å². The Labute approximate surface area is 105 Å². The number of hydrogen-bond donors (Lipinski definition) is 1. The fraction of sp³-hybridized carbons (Fsp3) is 0.133. The zero-order valence-electron chi connectivity index (χ0n) is 10.1. The molecule has 0 saturated heterocycles. The number of nitrogens with one attached hydrogen (secondary N) is 1. The summed E-state index contributed by atoms with van der Waals surface area (Å²) in [6.07, 6.45) is 0. The molecule has 0 fully saturated rings. The topological polar surface area (TPSA) is 29.1 Å².